The van der Waals surface area contributed by atoms with Crippen LogP contribution in [0.4, 0.5) is 11.4 Å². The summed E-state index contributed by atoms with van der Waals surface area (Å²) in [6, 6.07) is 4.23. The van der Waals surface area contributed by atoms with Gasteiger partial charge in [-0.2, -0.15) is 0 Å². The van der Waals surface area contributed by atoms with E-state index in [0.29, 0.717) is 18.2 Å². The standard InChI is InChI=1S/C18H26N4O/c1-12(23)22-7-6-21(11-18(22,2)3)17-9-14(13-4-5-13)8-16(20)15(17)10-19/h8-10,13,19H,4-7,11,20H2,1-3H3. The molecule has 0 aromatic heterocycles. The molecule has 1 aliphatic heterocycles. The fraction of sp³-hybridized carbons (Fsp3) is 0.556. The van der Waals surface area contributed by atoms with Crippen molar-refractivity contribution in [2.24, 2.45) is 0 Å². The number of hydrogen-bond acceptors (Lipinski definition) is 4. The molecule has 1 aromatic rings. The molecule has 1 aliphatic carbocycles. The minimum atomic E-state index is -0.228. The summed E-state index contributed by atoms with van der Waals surface area (Å²) in [5, 5.41) is 7.75. The van der Waals surface area contributed by atoms with Crippen molar-refractivity contribution >= 4 is 23.5 Å². The van der Waals surface area contributed by atoms with Crippen LogP contribution >= 0.6 is 0 Å². The second-order valence-corrected chi connectivity index (χ2v) is 7.37. The summed E-state index contributed by atoms with van der Waals surface area (Å²) >= 11 is 0. The number of hydrogen-bond donors (Lipinski definition) is 2. The third kappa shape index (κ3) is 2.92. The van der Waals surface area contributed by atoms with Crippen LogP contribution in [-0.2, 0) is 4.79 Å². The number of anilines is 2. The molecule has 1 saturated carbocycles. The zero-order valence-corrected chi connectivity index (χ0v) is 14.2. The molecule has 124 valence electrons. The van der Waals surface area contributed by atoms with E-state index < -0.39 is 0 Å². The van der Waals surface area contributed by atoms with Crippen molar-refractivity contribution in [3.63, 3.8) is 0 Å². The lowest BCUT2D eigenvalue weighted by Crippen LogP contribution is -2.60. The summed E-state index contributed by atoms with van der Waals surface area (Å²) in [6.07, 6.45) is 3.81. The summed E-state index contributed by atoms with van der Waals surface area (Å²) in [7, 11) is 0. The van der Waals surface area contributed by atoms with E-state index in [1.165, 1.54) is 24.6 Å². The van der Waals surface area contributed by atoms with E-state index in [0.717, 1.165) is 24.3 Å². The van der Waals surface area contributed by atoms with E-state index in [1.54, 1.807) is 6.92 Å². The topological polar surface area (TPSA) is 73.4 Å². The molecule has 1 saturated heterocycles. The lowest BCUT2D eigenvalue weighted by molar-refractivity contribution is -0.134. The van der Waals surface area contributed by atoms with Crippen LogP contribution in [0.2, 0.25) is 0 Å². The lowest BCUT2D eigenvalue weighted by atomic mass is 9.96. The first-order valence-electron chi connectivity index (χ1n) is 8.30. The van der Waals surface area contributed by atoms with Gasteiger partial charge in [0.05, 0.1) is 5.54 Å². The average molecular weight is 314 g/mol. The zero-order valence-electron chi connectivity index (χ0n) is 14.2. The molecule has 2 fully saturated rings. The summed E-state index contributed by atoms with van der Waals surface area (Å²) < 4.78 is 0. The third-order valence-electron chi connectivity index (χ3n) is 5.03. The zero-order chi connectivity index (χ0) is 16.8. The van der Waals surface area contributed by atoms with Gasteiger partial charge in [0, 0.05) is 49.7 Å². The molecule has 3 N–H and O–H groups in total. The van der Waals surface area contributed by atoms with Gasteiger partial charge in [0.25, 0.3) is 0 Å². The van der Waals surface area contributed by atoms with Crippen molar-refractivity contribution < 1.29 is 4.79 Å². The first-order valence-corrected chi connectivity index (χ1v) is 8.30. The number of nitrogen functional groups attached to an aromatic ring is 1. The minimum Gasteiger partial charge on any atom is -0.398 e. The van der Waals surface area contributed by atoms with Gasteiger partial charge in [-0.05, 0) is 50.3 Å². The van der Waals surface area contributed by atoms with Crippen LogP contribution in [0, 0.1) is 5.41 Å². The van der Waals surface area contributed by atoms with E-state index in [1.807, 2.05) is 11.0 Å². The fourth-order valence-corrected chi connectivity index (χ4v) is 3.70. The molecule has 5 heteroatoms. The van der Waals surface area contributed by atoms with Gasteiger partial charge in [0.2, 0.25) is 5.91 Å². The van der Waals surface area contributed by atoms with Gasteiger partial charge in [-0.1, -0.05) is 0 Å². The molecular formula is C18H26N4O. The Morgan fingerprint density at radius 1 is 1.35 bits per heavy atom. The predicted molar refractivity (Wildman–Crippen MR) is 94.4 cm³/mol. The van der Waals surface area contributed by atoms with Crippen LogP contribution in [0.25, 0.3) is 0 Å². The van der Waals surface area contributed by atoms with Gasteiger partial charge in [0.15, 0.2) is 0 Å². The van der Waals surface area contributed by atoms with Crippen molar-refractivity contribution in [2.45, 2.75) is 45.1 Å². The highest BCUT2D eigenvalue weighted by molar-refractivity contribution is 5.93. The van der Waals surface area contributed by atoms with E-state index in [-0.39, 0.29) is 11.4 Å². The number of carbonyl (C=O) groups excluding carboxylic acids is 1. The highest BCUT2D eigenvalue weighted by Gasteiger charge is 2.36. The molecule has 0 unspecified atom stereocenters. The average Bonchev–Trinajstić information content (AvgIpc) is 3.29. The molecule has 1 heterocycles. The molecule has 5 nitrogen and oxygen atoms in total. The van der Waals surface area contributed by atoms with Crippen molar-refractivity contribution in [1.82, 2.24) is 4.90 Å². The third-order valence-corrected chi connectivity index (χ3v) is 5.03. The monoisotopic (exact) mass is 314 g/mol. The Morgan fingerprint density at radius 3 is 2.57 bits per heavy atom. The molecule has 0 atom stereocenters. The number of amides is 1. The highest BCUT2D eigenvalue weighted by Crippen LogP contribution is 2.43. The number of rotatable bonds is 3. The van der Waals surface area contributed by atoms with Crippen LogP contribution in [0.5, 0.6) is 0 Å². The van der Waals surface area contributed by atoms with Gasteiger partial charge in [-0.15, -0.1) is 0 Å². The van der Waals surface area contributed by atoms with Crippen molar-refractivity contribution in [1.29, 1.82) is 5.41 Å². The van der Waals surface area contributed by atoms with Gasteiger partial charge in [-0.25, -0.2) is 0 Å². The SMILES string of the molecule is CC(=O)N1CCN(c2cc(C3CC3)cc(N)c2C=N)CC1(C)C. The molecule has 3 rings (SSSR count). The van der Waals surface area contributed by atoms with E-state index in [4.69, 9.17) is 11.1 Å². The van der Waals surface area contributed by atoms with E-state index >= 15 is 0 Å². The normalized spacial score (nSPS) is 20.5. The van der Waals surface area contributed by atoms with Crippen molar-refractivity contribution in [3.8, 4) is 0 Å². The minimum absolute atomic E-state index is 0.119. The van der Waals surface area contributed by atoms with Crippen molar-refractivity contribution in [3.05, 3.63) is 23.3 Å². The Bertz CT molecular complexity index is 649. The Hall–Kier alpha value is -2.04. The smallest absolute Gasteiger partial charge is 0.220 e. The van der Waals surface area contributed by atoms with Gasteiger partial charge in [0.1, 0.15) is 0 Å². The Kier molecular flexibility index (Phi) is 3.82. The van der Waals surface area contributed by atoms with Crippen LogP contribution < -0.4 is 10.6 Å². The van der Waals surface area contributed by atoms with Crippen LogP contribution in [0.15, 0.2) is 12.1 Å². The second-order valence-electron chi connectivity index (χ2n) is 7.37. The number of piperazine rings is 1. The second kappa shape index (κ2) is 5.55. The van der Waals surface area contributed by atoms with E-state index in [2.05, 4.69) is 24.8 Å². The van der Waals surface area contributed by atoms with Crippen LogP contribution in [0.1, 0.15) is 50.7 Å². The maximum absolute atomic E-state index is 11.8. The Morgan fingerprint density at radius 2 is 2.04 bits per heavy atom. The first kappa shape index (κ1) is 15.8. The Labute approximate surface area is 138 Å². The summed E-state index contributed by atoms with van der Waals surface area (Å²) in [5.41, 5.74) is 9.78. The van der Waals surface area contributed by atoms with E-state index in [9.17, 15) is 4.79 Å². The van der Waals surface area contributed by atoms with Gasteiger partial charge in [-0.3, -0.25) is 4.79 Å². The molecule has 2 aliphatic rings. The van der Waals surface area contributed by atoms with Crippen LogP contribution in [0.3, 0.4) is 0 Å². The molecular weight excluding hydrogens is 288 g/mol. The maximum atomic E-state index is 11.8. The molecule has 0 bridgehead atoms. The number of carbonyl (C=O) groups is 1. The summed E-state index contributed by atoms with van der Waals surface area (Å²) in [4.78, 5) is 16.0. The van der Waals surface area contributed by atoms with Gasteiger partial charge >= 0.3 is 0 Å². The van der Waals surface area contributed by atoms with Crippen LogP contribution in [-0.4, -0.2) is 42.2 Å². The fourth-order valence-electron chi connectivity index (χ4n) is 3.70. The number of nitrogens with two attached hydrogens (primary N) is 1. The van der Waals surface area contributed by atoms with Crippen molar-refractivity contribution in [2.75, 3.05) is 30.3 Å². The highest BCUT2D eigenvalue weighted by atomic mass is 16.2. The maximum Gasteiger partial charge on any atom is 0.220 e. The quantitative estimate of drug-likeness (QED) is 0.665. The molecule has 23 heavy (non-hydrogen) atoms. The predicted octanol–water partition coefficient (Wildman–Crippen LogP) is 2.59. The largest absolute Gasteiger partial charge is 0.398 e. The molecule has 1 amide bonds. The molecule has 0 spiro atoms. The molecule has 1 aromatic carbocycles. The number of benzene rings is 1. The first-order chi connectivity index (χ1) is 10.8. The Balaban J connectivity index is 1.95. The lowest BCUT2D eigenvalue weighted by Gasteiger charge is -2.48. The summed E-state index contributed by atoms with van der Waals surface area (Å²) in [6.45, 7) is 8.05. The number of nitrogens with one attached hydrogen (secondary N) is 1. The van der Waals surface area contributed by atoms with Gasteiger partial charge < -0.3 is 20.9 Å². The molecule has 0 radical (unpaired) electrons. The summed E-state index contributed by atoms with van der Waals surface area (Å²) in [5.74, 6) is 0.746. The number of nitrogens with zero attached hydrogens (tertiary/aromatic N) is 2.